The van der Waals surface area contributed by atoms with Gasteiger partial charge >= 0.3 is 0 Å². The first kappa shape index (κ1) is 16.3. The quantitative estimate of drug-likeness (QED) is 0.674. The molecule has 0 fully saturated rings. The van der Waals surface area contributed by atoms with Gasteiger partial charge in [0.1, 0.15) is 11.0 Å². The maximum Gasteiger partial charge on any atom is 0.262 e. The molecule has 0 aliphatic carbocycles. The molecule has 1 aromatic heterocycles. The van der Waals surface area contributed by atoms with Crippen LogP contribution in [0.4, 0.5) is 15.8 Å². The van der Waals surface area contributed by atoms with Crippen LogP contribution in [0.2, 0.25) is 5.15 Å². The molecule has 26 heavy (non-hydrogen) atoms. The topological polar surface area (TPSA) is 80.3 Å². The van der Waals surface area contributed by atoms with E-state index in [0.29, 0.717) is 28.0 Å². The molecule has 0 unspecified atom stereocenters. The SMILES string of the molecule is O=C1COc2c(cccc2NC(=O)c2cc3ccc(F)cc3nc2Cl)N1. The Hall–Kier alpha value is -3.19. The minimum atomic E-state index is -0.498. The van der Waals surface area contributed by atoms with E-state index in [-0.39, 0.29) is 23.2 Å². The Balaban J connectivity index is 1.68. The van der Waals surface area contributed by atoms with E-state index in [9.17, 15) is 14.0 Å². The van der Waals surface area contributed by atoms with Gasteiger partial charge in [-0.2, -0.15) is 0 Å². The minimum Gasteiger partial charge on any atom is -0.479 e. The van der Waals surface area contributed by atoms with Crippen molar-refractivity contribution in [2.75, 3.05) is 17.2 Å². The zero-order valence-electron chi connectivity index (χ0n) is 13.2. The second-order valence-electron chi connectivity index (χ2n) is 5.64. The summed E-state index contributed by atoms with van der Waals surface area (Å²) >= 11 is 6.10. The molecule has 2 N–H and O–H groups in total. The van der Waals surface area contributed by atoms with Gasteiger partial charge in [0.2, 0.25) is 0 Å². The Kier molecular flexibility index (Phi) is 3.93. The highest BCUT2D eigenvalue weighted by Crippen LogP contribution is 2.36. The van der Waals surface area contributed by atoms with Crippen LogP contribution in [0.15, 0.2) is 42.5 Å². The van der Waals surface area contributed by atoms with Crippen molar-refractivity contribution in [1.29, 1.82) is 0 Å². The molecule has 1 aliphatic heterocycles. The number of fused-ring (bicyclic) bond motifs is 2. The molecule has 0 bridgehead atoms. The van der Waals surface area contributed by atoms with E-state index in [1.165, 1.54) is 24.3 Å². The number of halogens is 2. The zero-order chi connectivity index (χ0) is 18.3. The van der Waals surface area contributed by atoms with Crippen molar-refractivity contribution in [2.45, 2.75) is 0 Å². The summed E-state index contributed by atoms with van der Waals surface area (Å²) in [5.41, 5.74) is 1.36. The largest absolute Gasteiger partial charge is 0.479 e. The highest BCUT2D eigenvalue weighted by molar-refractivity contribution is 6.34. The molecule has 2 amide bonds. The van der Waals surface area contributed by atoms with E-state index in [0.717, 1.165) is 0 Å². The van der Waals surface area contributed by atoms with Gasteiger partial charge in [-0.05, 0) is 30.3 Å². The first-order valence-electron chi connectivity index (χ1n) is 7.64. The number of hydrogen-bond donors (Lipinski definition) is 2. The number of anilines is 2. The molecule has 0 atom stereocenters. The number of nitrogens with zero attached hydrogens (tertiary/aromatic N) is 1. The summed E-state index contributed by atoms with van der Waals surface area (Å²) in [6.07, 6.45) is 0. The van der Waals surface area contributed by atoms with Gasteiger partial charge in [0, 0.05) is 11.5 Å². The molecule has 1 aliphatic rings. The summed E-state index contributed by atoms with van der Waals surface area (Å²) in [4.78, 5) is 28.1. The van der Waals surface area contributed by atoms with Crippen LogP contribution < -0.4 is 15.4 Å². The van der Waals surface area contributed by atoms with Crippen molar-refractivity contribution in [3.8, 4) is 5.75 Å². The monoisotopic (exact) mass is 371 g/mol. The molecule has 8 heteroatoms. The Morgan fingerprint density at radius 3 is 2.96 bits per heavy atom. The summed E-state index contributed by atoms with van der Waals surface area (Å²) < 4.78 is 18.7. The van der Waals surface area contributed by atoms with Gasteiger partial charge in [0.05, 0.1) is 22.5 Å². The van der Waals surface area contributed by atoms with E-state index in [4.69, 9.17) is 16.3 Å². The second-order valence-corrected chi connectivity index (χ2v) is 6.00. The van der Waals surface area contributed by atoms with Gasteiger partial charge < -0.3 is 15.4 Å². The number of nitrogens with one attached hydrogen (secondary N) is 2. The van der Waals surface area contributed by atoms with Crippen LogP contribution in [0.5, 0.6) is 5.75 Å². The third kappa shape index (κ3) is 2.93. The number of ether oxygens (including phenoxy) is 1. The lowest BCUT2D eigenvalue weighted by molar-refractivity contribution is -0.118. The second kappa shape index (κ2) is 6.27. The van der Waals surface area contributed by atoms with Gasteiger partial charge in [0.15, 0.2) is 12.4 Å². The van der Waals surface area contributed by atoms with Crippen molar-refractivity contribution in [1.82, 2.24) is 4.98 Å². The lowest BCUT2D eigenvalue weighted by atomic mass is 10.1. The fraction of sp³-hybridized carbons (Fsp3) is 0.0556. The summed E-state index contributed by atoms with van der Waals surface area (Å²) in [6, 6.07) is 10.6. The molecular formula is C18H11ClFN3O3. The summed E-state index contributed by atoms with van der Waals surface area (Å²) in [6.45, 7) is -0.135. The molecule has 3 aromatic rings. The van der Waals surface area contributed by atoms with E-state index >= 15 is 0 Å². The minimum absolute atomic E-state index is 0.0420. The predicted octanol–water partition coefficient (Wildman–Crippen LogP) is 3.61. The average Bonchev–Trinajstić information content (AvgIpc) is 2.60. The van der Waals surface area contributed by atoms with Crippen molar-refractivity contribution in [3.05, 3.63) is 59.0 Å². The summed E-state index contributed by atoms with van der Waals surface area (Å²) in [5.74, 6) is -0.835. The van der Waals surface area contributed by atoms with Crippen LogP contribution in [0, 0.1) is 5.82 Å². The number of para-hydroxylation sites is 1. The predicted molar refractivity (Wildman–Crippen MR) is 95.2 cm³/mol. The first-order chi connectivity index (χ1) is 12.5. The third-order valence-electron chi connectivity index (χ3n) is 3.86. The molecule has 0 radical (unpaired) electrons. The van der Waals surface area contributed by atoms with Gasteiger partial charge in [-0.15, -0.1) is 0 Å². The molecule has 0 saturated heterocycles. The van der Waals surface area contributed by atoms with E-state index < -0.39 is 11.7 Å². The number of aromatic nitrogens is 1. The van der Waals surface area contributed by atoms with Gasteiger partial charge in [0.25, 0.3) is 11.8 Å². The van der Waals surface area contributed by atoms with Gasteiger partial charge in [-0.3, -0.25) is 9.59 Å². The van der Waals surface area contributed by atoms with Crippen LogP contribution in [0.25, 0.3) is 10.9 Å². The third-order valence-corrected chi connectivity index (χ3v) is 4.15. The molecular weight excluding hydrogens is 361 g/mol. The van der Waals surface area contributed by atoms with Crippen molar-refractivity contribution < 1.29 is 18.7 Å². The Morgan fingerprint density at radius 1 is 1.27 bits per heavy atom. The molecule has 6 nitrogen and oxygen atoms in total. The van der Waals surface area contributed by atoms with E-state index in [1.807, 2.05) is 0 Å². The maximum absolute atomic E-state index is 13.3. The van der Waals surface area contributed by atoms with Crippen LogP contribution in [0.1, 0.15) is 10.4 Å². The highest BCUT2D eigenvalue weighted by atomic mass is 35.5. The van der Waals surface area contributed by atoms with Crippen LogP contribution >= 0.6 is 11.6 Å². The van der Waals surface area contributed by atoms with E-state index in [2.05, 4.69) is 15.6 Å². The summed E-state index contributed by atoms with van der Waals surface area (Å²) in [7, 11) is 0. The number of carbonyl (C=O) groups excluding carboxylic acids is 2. The molecule has 2 heterocycles. The van der Waals surface area contributed by atoms with Crippen molar-refractivity contribution in [3.63, 3.8) is 0 Å². The number of carbonyl (C=O) groups is 2. The standard InChI is InChI=1S/C18H11ClFN3O3/c19-17-11(6-9-4-5-10(20)7-14(9)22-17)18(25)23-13-3-1-2-12-16(13)26-8-15(24)21-12/h1-7H,8H2,(H,21,24)(H,23,25). The Morgan fingerprint density at radius 2 is 2.12 bits per heavy atom. The van der Waals surface area contributed by atoms with Gasteiger partial charge in [-0.1, -0.05) is 17.7 Å². The fourth-order valence-electron chi connectivity index (χ4n) is 2.68. The number of rotatable bonds is 2. The molecule has 130 valence electrons. The van der Waals surface area contributed by atoms with Crippen LogP contribution in [-0.2, 0) is 4.79 Å². The fourth-order valence-corrected chi connectivity index (χ4v) is 2.91. The Labute approximate surface area is 151 Å². The molecule has 2 aromatic carbocycles. The number of benzene rings is 2. The highest BCUT2D eigenvalue weighted by Gasteiger charge is 2.21. The maximum atomic E-state index is 13.3. The smallest absolute Gasteiger partial charge is 0.262 e. The number of amides is 2. The molecule has 4 rings (SSSR count). The summed E-state index contributed by atoms with van der Waals surface area (Å²) in [5, 5.41) is 5.91. The number of pyridine rings is 1. The molecule has 0 spiro atoms. The van der Waals surface area contributed by atoms with Crippen molar-refractivity contribution in [2.24, 2.45) is 0 Å². The van der Waals surface area contributed by atoms with E-state index in [1.54, 1.807) is 18.2 Å². The Bertz CT molecular complexity index is 1070. The van der Waals surface area contributed by atoms with Crippen LogP contribution in [0.3, 0.4) is 0 Å². The van der Waals surface area contributed by atoms with Crippen LogP contribution in [-0.4, -0.2) is 23.4 Å². The normalized spacial score (nSPS) is 12.9. The van der Waals surface area contributed by atoms with Gasteiger partial charge in [-0.25, -0.2) is 9.37 Å². The molecule has 0 saturated carbocycles. The zero-order valence-corrected chi connectivity index (χ0v) is 13.9. The lowest BCUT2D eigenvalue weighted by Crippen LogP contribution is -2.26. The first-order valence-corrected chi connectivity index (χ1v) is 8.02. The van der Waals surface area contributed by atoms with Crippen molar-refractivity contribution >= 4 is 45.7 Å². The number of hydrogen-bond acceptors (Lipinski definition) is 4. The lowest BCUT2D eigenvalue weighted by Gasteiger charge is -2.20. The average molecular weight is 372 g/mol.